The van der Waals surface area contributed by atoms with E-state index in [1.165, 1.54) is 17.0 Å². The highest BCUT2D eigenvalue weighted by atomic mass is 35.5. The lowest BCUT2D eigenvalue weighted by molar-refractivity contribution is -0.384. The Morgan fingerprint density at radius 2 is 1.96 bits per heavy atom. The zero-order chi connectivity index (χ0) is 19.7. The van der Waals surface area contributed by atoms with E-state index in [1.807, 2.05) is 13.0 Å². The van der Waals surface area contributed by atoms with E-state index in [-0.39, 0.29) is 41.2 Å². The van der Waals surface area contributed by atoms with E-state index in [1.54, 1.807) is 12.1 Å². The number of anilines is 2. The predicted molar refractivity (Wildman–Crippen MR) is 103 cm³/mol. The van der Waals surface area contributed by atoms with E-state index in [0.29, 0.717) is 10.7 Å². The molecule has 2 aromatic carbocycles. The van der Waals surface area contributed by atoms with Crippen molar-refractivity contribution in [1.82, 2.24) is 0 Å². The third kappa shape index (κ3) is 4.04. The number of nitro groups is 1. The van der Waals surface area contributed by atoms with Crippen molar-refractivity contribution in [3.05, 3.63) is 62.1 Å². The maximum absolute atomic E-state index is 12.5. The number of hydrogen-bond donors (Lipinski definition) is 1. The summed E-state index contributed by atoms with van der Waals surface area (Å²) in [6.45, 7) is 2.08. The van der Waals surface area contributed by atoms with Crippen LogP contribution in [-0.2, 0) is 9.59 Å². The Labute approximate surface area is 165 Å². The van der Waals surface area contributed by atoms with Gasteiger partial charge in [-0.25, -0.2) is 0 Å². The quantitative estimate of drug-likeness (QED) is 0.606. The topological polar surface area (TPSA) is 92.6 Å². The second kappa shape index (κ2) is 7.54. The van der Waals surface area contributed by atoms with Crippen LogP contribution in [0.15, 0.2) is 36.4 Å². The monoisotopic (exact) mass is 407 g/mol. The third-order valence-corrected chi connectivity index (χ3v) is 5.10. The lowest BCUT2D eigenvalue weighted by atomic mass is 10.1. The Kier molecular flexibility index (Phi) is 5.34. The lowest BCUT2D eigenvalue weighted by Crippen LogP contribution is -2.28. The summed E-state index contributed by atoms with van der Waals surface area (Å²) in [6, 6.07) is 9.08. The van der Waals surface area contributed by atoms with Crippen LogP contribution in [-0.4, -0.2) is 23.3 Å². The van der Waals surface area contributed by atoms with Gasteiger partial charge in [0, 0.05) is 35.8 Å². The number of rotatable bonds is 4. The highest BCUT2D eigenvalue weighted by Gasteiger charge is 2.35. The van der Waals surface area contributed by atoms with E-state index < -0.39 is 10.8 Å². The molecule has 1 N–H and O–H groups in total. The van der Waals surface area contributed by atoms with Crippen molar-refractivity contribution < 1.29 is 14.5 Å². The number of aryl methyl sites for hydroxylation is 1. The minimum Gasteiger partial charge on any atom is -0.324 e. The van der Waals surface area contributed by atoms with Crippen molar-refractivity contribution in [2.45, 2.75) is 13.3 Å². The molecule has 0 unspecified atom stereocenters. The van der Waals surface area contributed by atoms with E-state index in [0.717, 1.165) is 11.6 Å². The van der Waals surface area contributed by atoms with Crippen LogP contribution in [0.4, 0.5) is 17.1 Å². The molecule has 0 aromatic heterocycles. The second-order valence-electron chi connectivity index (χ2n) is 6.25. The smallest absolute Gasteiger partial charge is 0.271 e. The summed E-state index contributed by atoms with van der Waals surface area (Å²) in [5.74, 6) is -1.12. The van der Waals surface area contributed by atoms with Crippen LogP contribution in [0.3, 0.4) is 0 Å². The molecule has 0 saturated carbocycles. The van der Waals surface area contributed by atoms with Gasteiger partial charge in [0.15, 0.2) is 0 Å². The SMILES string of the molecule is Cc1ccc(N2C[C@H](C(=O)Nc3ccc([N+](=O)[O-])cc3Cl)CC2=O)cc1Cl. The number of carbonyl (C=O) groups is 2. The van der Waals surface area contributed by atoms with Gasteiger partial charge in [-0.2, -0.15) is 0 Å². The molecule has 1 fully saturated rings. The van der Waals surface area contributed by atoms with Gasteiger partial charge in [-0.15, -0.1) is 0 Å². The maximum atomic E-state index is 12.5. The van der Waals surface area contributed by atoms with Gasteiger partial charge in [0.2, 0.25) is 11.8 Å². The molecule has 2 amide bonds. The summed E-state index contributed by atoms with van der Waals surface area (Å²) in [5, 5.41) is 14.0. The van der Waals surface area contributed by atoms with Crippen molar-refractivity contribution in [2.75, 3.05) is 16.8 Å². The molecule has 0 bridgehead atoms. The normalized spacial score (nSPS) is 16.5. The van der Waals surface area contributed by atoms with Crippen molar-refractivity contribution >= 4 is 52.1 Å². The molecule has 0 aliphatic carbocycles. The first kappa shape index (κ1) is 19.1. The van der Waals surface area contributed by atoms with E-state index in [9.17, 15) is 19.7 Å². The van der Waals surface area contributed by atoms with E-state index >= 15 is 0 Å². The molecule has 1 atom stereocenters. The van der Waals surface area contributed by atoms with Gasteiger partial charge >= 0.3 is 0 Å². The van der Waals surface area contributed by atoms with Crippen LogP contribution in [0.5, 0.6) is 0 Å². The van der Waals surface area contributed by atoms with Crippen LogP contribution in [0, 0.1) is 23.0 Å². The number of nitro benzene ring substituents is 1. The average Bonchev–Trinajstić information content (AvgIpc) is 3.01. The number of amides is 2. The second-order valence-corrected chi connectivity index (χ2v) is 7.06. The Balaban J connectivity index is 1.72. The molecule has 140 valence electrons. The summed E-state index contributed by atoms with van der Waals surface area (Å²) in [5.41, 5.74) is 1.63. The molecular weight excluding hydrogens is 393 g/mol. The molecule has 1 saturated heterocycles. The molecule has 3 rings (SSSR count). The number of nitrogens with zero attached hydrogens (tertiary/aromatic N) is 2. The zero-order valence-corrected chi connectivity index (χ0v) is 15.8. The summed E-state index contributed by atoms with van der Waals surface area (Å²) in [4.78, 5) is 36.6. The first-order valence-corrected chi connectivity index (χ1v) is 8.83. The molecule has 1 aliphatic heterocycles. The lowest BCUT2D eigenvalue weighted by Gasteiger charge is -2.17. The molecule has 1 aliphatic rings. The van der Waals surface area contributed by atoms with Crippen LogP contribution in [0.1, 0.15) is 12.0 Å². The molecule has 2 aromatic rings. The largest absolute Gasteiger partial charge is 0.324 e. The van der Waals surface area contributed by atoms with E-state index in [2.05, 4.69) is 5.32 Å². The van der Waals surface area contributed by atoms with Crippen molar-refractivity contribution in [2.24, 2.45) is 5.92 Å². The Morgan fingerprint density at radius 3 is 2.59 bits per heavy atom. The van der Waals surface area contributed by atoms with Gasteiger partial charge < -0.3 is 10.2 Å². The Bertz CT molecular complexity index is 948. The fourth-order valence-electron chi connectivity index (χ4n) is 2.84. The maximum Gasteiger partial charge on any atom is 0.271 e. The highest BCUT2D eigenvalue weighted by Crippen LogP contribution is 2.31. The summed E-state index contributed by atoms with van der Waals surface area (Å²) >= 11 is 12.1. The number of nitrogens with one attached hydrogen (secondary N) is 1. The molecule has 1 heterocycles. The van der Waals surface area contributed by atoms with Gasteiger partial charge in [-0.1, -0.05) is 29.3 Å². The number of benzene rings is 2. The summed E-state index contributed by atoms with van der Waals surface area (Å²) in [7, 11) is 0. The molecule has 0 radical (unpaired) electrons. The number of non-ortho nitro benzene ring substituents is 1. The van der Waals surface area contributed by atoms with Gasteiger partial charge in [0.05, 0.1) is 21.6 Å². The minimum atomic E-state index is -0.572. The molecule has 9 heteroatoms. The van der Waals surface area contributed by atoms with Crippen LogP contribution in [0.2, 0.25) is 10.0 Å². The molecule has 7 nitrogen and oxygen atoms in total. The Hall–Kier alpha value is -2.64. The number of halogens is 2. The zero-order valence-electron chi connectivity index (χ0n) is 14.2. The van der Waals surface area contributed by atoms with Gasteiger partial charge in [0.1, 0.15) is 0 Å². The molecule has 0 spiro atoms. The van der Waals surface area contributed by atoms with Crippen LogP contribution >= 0.6 is 23.2 Å². The van der Waals surface area contributed by atoms with Crippen LogP contribution in [0.25, 0.3) is 0 Å². The third-order valence-electron chi connectivity index (χ3n) is 4.38. The fourth-order valence-corrected chi connectivity index (χ4v) is 3.23. The van der Waals surface area contributed by atoms with Gasteiger partial charge in [-0.3, -0.25) is 19.7 Å². The summed E-state index contributed by atoms with van der Waals surface area (Å²) in [6.07, 6.45) is 0.0575. The Morgan fingerprint density at radius 1 is 1.22 bits per heavy atom. The van der Waals surface area contributed by atoms with Crippen molar-refractivity contribution in [3.63, 3.8) is 0 Å². The summed E-state index contributed by atoms with van der Waals surface area (Å²) < 4.78 is 0. The van der Waals surface area contributed by atoms with Crippen molar-refractivity contribution in [1.29, 1.82) is 0 Å². The minimum absolute atomic E-state index is 0.0575. The van der Waals surface area contributed by atoms with Crippen molar-refractivity contribution in [3.8, 4) is 0 Å². The fraction of sp³-hybridized carbons (Fsp3) is 0.222. The number of hydrogen-bond acceptors (Lipinski definition) is 4. The first-order chi connectivity index (χ1) is 12.8. The van der Waals surface area contributed by atoms with Crippen LogP contribution < -0.4 is 10.2 Å². The van der Waals surface area contributed by atoms with Gasteiger partial charge in [0.25, 0.3) is 5.69 Å². The average molecular weight is 408 g/mol. The highest BCUT2D eigenvalue weighted by molar-refractivity contribution is 6.34. The molecule has 27 heavy (non-hydrogen) atoms. The number of carbonyl (C=O) groups excluding carboxylic acids is 2. The van der Waals surface area contributed by atoms with E-state index in [4.69, 9.17) is 23.2 Å². The standard InChI is InChI=1S/C18H15Cl2N3O4/c1-10-2-3-12(7-14(10)19)22-9-11(6-17(22)24)18(25)21-16-5-4-13(23(26)27)8-15(16)20/h2-5,7-8,11H,6,9H2,1H3,(H,21,25)/t11-/m1/s1. The van der Waals surface area contributed by atoms with Gasteiger partial charge in [-0.05, 0) is 30.7 Å². The molecular formula is C18H15Cl2N3O4. The predicted octanol–water partition coefficient (Wildman–Crippen LogP) is 4.20. The first-order valence-electron chi connectivity index (χ1n) is 8.07.